The highest BCUT2D eigenvalue weighted by Crippen LogP contribution is 2.25. The van der Waals surface area contributed by atoms with E-state index in [-0.39, 0.29) is 26.1 Å². The van der Waals surface area contributed by atoms with Crippen molar-refractivity contribution < 1.29 is 49.6 Å². The molecule has 0 bridgehead atoms. The van der Waals surface area contributed by atoms with Crippen molar-refractivity contribution in [1.82, 2.24) is 0 Å². The summed E-state index contributed by atoms with van der Waals surface area (Å²) in [5.74, 6) is 0. The van der Waals surface area contributed by atoms with Gasteiger partial charge in [-0.25, -0.2) is 0 Å². The fourth-order valence-corrected chi connectivity index (χ4v) is 3.16. The van der Waals surface area contributed by atoms with Crippen LogP contribution < -0.4 is 0 Å². The minimum absolute atomic E-state index is 0.0954. The largest absolute Gasteiger partial charge is 0.393 e. The molecule has 0 spiro atoms. The van der Waals surface area contributed by atoms with Gasteiger partial charge in [0.05, 0.1) is 30.5 Å². The molecule has 28 heavy (non-hydrogen) atoms. The zero-order valence-electron chi connectivity index (χ0n) is 16.6. The van der Waals surface area contributed by atoms with E-state index in [4.69, 9.17) is 18.9 Å². The highest BCUT2D eigenvalue weighted by molar-refractivity contribution is 4.87. The number of ether oxygens (including phenoxy) is 4. The predicted octanol–water partition coefficient (Wildman–Crippen LogP) is -1.52. The fraction of sp³-hybridized carbons (Fsp3) is 1.00. The van der Waals surface area contributed by atoms with Gasteiger partial charge in [0.25, 0.3) is 0 Å². The molecule has 8 atom stereocenters. The Kier molecular flexibility index (Phi) is 12.6. The van der Waals surface area contributed by atoms with Crippen molar-refractivity contribution in [2.45, 2.75) is 87.5 Å². The van der Waals surface area contributed by atoms with E-state index in [0.29, 0.717) is 19.4 Å². The van der Waals surface area contributed by atoms with Gasteiger partial charge in [-0.1, -0.05) is 0 Å². The van der Waals surface area contributed by atoms with Gasteiger partial charge < -0.3 is 49.6 Å². The van der Waals surface area contributed by atoms with Crippen LogP contribution in [0.3, 0.4) is 0 Å². The first kappa shape index (κ1) is 25.6. The standard InChI is InChI=1S/C18H36O10/c1-25-10-27-6-4-3-5-11(19)7-12(20)17(23)13(21)8-15-18(24)14(22)9-16(26-2)28-15/h11-24H,3-10H2,1-2H3/t11-,12-,13+,14+,15+,16-,17-,18-/m0/s1. The van der Waals surface area contributed by atoms with Crippen LogP contribution in [0.5, 0.6) is 0 Å². The highest BCUT2D eigenvalue weighted by Gasteiger charge is 2.39. The second kappa shape index (κ2) is 13.8. The molecule has 168 valence electrons. The van der Waals surface area contributed by atoms with Gasteiger partial charge in [-0.15, -0.1) is 0 Å². The SMILES string of the molecule is COCOCCCC[C@H](O)C[C@H](O)[C@H](O)[C@H](O)C[C@H]1O[C@H](OC)C[C@@H](O)[C@@H]1O. The zero-order chi connectivity index (χ0) is 21.1. The quantitative estimate of drug-likeness (QED) is 0.146. The number of methoxy groups -OCH3 is 2. The average molecular weight is 412 g/mol. The molecule has 10 nitrogen and oxygen atoms in total. The van der Waals surface area contributed by atoms with Crippen LogP contribution in [-0.2, 0) is 18.9 Å². The van der Waals surface area contributed by atoms with E-state index in [2.05, 4.69) is 0 Å². The molecular weight excluding hydrogens is 376 g/mol. The van der Waals surface area contributed by atoms with Crippen molar-refractivity contribution in [2.75, 3.05) is 27.6 Å². The van der Waals surface area contributed by atoms with Gasteiger partial charge in [0.1, 0.15) is 19.0 Å². The maximum Gasteiger partial charge on any atom is 0.160 e. The summed E-state index contributed by atoms with van der Waals surface area (Å²) in [7, 11) is 2.93. The fourth-order valence-electron chi connectivity index (χ4n) is 3.16. The predicted molar refractivity (Wildman–Crippen MR) is 97.2 cm³/mol. The third kappa shape index (κ3) is 8.95. The van der Waals surface area contributed by atoms with Gasteiger partial charge in [-0.2, -0.15) is 0 Å². The lowest BCUT2D eigenvalue weighted by Gasteiger charge is -2.38. The molecule has 0 aliphatic carbocycles. The molecule has 6 N–H and O–H groups in total. The van der Waals surface area contributed by atoms with E-state index in [0.717, 1.165) is 6.42 Å². The van der Waals surface area contributed by atoms with E-state index in [1.54, 1.807) is 0 Å². The second-order valence-corrected chi connectivity index (χ2v) is 7.19. The van der Waals surface area contributed by atoms with Gasteiger partial charge >= 0.3 is 0 Å². The number of rotatable bonds is 14. The van der Waals surface area contributed by atoms with Crippen molar-refractivity contribution in [2.24, 2.45) is 0 Å². The summed E-state index contributed by atoms with van der Waals surface area (Å²) < 4.78 is 20.3. The third-order valence-corrected chi connectivity index (χ3v) is 4.85. The van der Waals surface area contributed by atoms with Crippen molar-refractivity contribution >= 4 is 0 Å². The third-order valence-electron chi connectivity index (χ3n) is 4.85. The van der Waals surface area contributed by atoms with E-state index in [1.807, 2.05) is 0 Å². The van der Waals surface area contributed by atoms with Gasteiger partial charge in [-0.05, 0) is 19.3 Å². The lowest BCUT2D eigenvalue weighted by molar-refractivity contribution is -0.250. The highest BCUT2D eigenvalue weighted by atomic mass is 16.7. The molecule has 1 aliphatic heterocycles. The van der Waals surface area contributed by atoms with Crippen LogP contribution in [0.15, 0.2) is 0 Å². The van der Waals surface area contributed by atoms with Crippen LogP contribution in [0.1, 0.15) is 38.5 Å². The lowest BCUT2D eigenvalue weighted by Crippen LogP contribution is -2.51. The Hall–Kier alpha value is -0.400. The summed E-state index contributed by atoms with van der Waals surface area (Å²) in [5.41, 5.74) is 0. The van der Waals surface area contributed by atoms with Crippen LogP contribution in [0.2, 0.25) is 0 Å². The van der Waals surface area contributed by atoms with E-state index in [1.165, 1.54) is 14.2 Å². The molecule has 0 amide bonds. The molecule has 0 unspecified atom stereocenters. The van der Waals surface area contributed by atoms with Gasteiger partial charge in [0.15, 0.2) is 6.29 Å². The topological polar surface area (TPSA) is 158 Å². The van der Waals surface area contributed by atoms with Crippen molar-refractivity contribution in [3.05, 3.63) is 0 Å². The molecule has 1 rings (SSSR count). The number of aliphatic hydroxyl groups is 6. The molecule has 0 aromatic heterocycles. The molecule has 10 heteroatoms. The van der Waals surface area contributed by atoms with Gasteiger partial charge in [0.2, 0.25) is 0 Å². The zero-order valence-corrected chi connectivity index (χ0v) is 16.6. The summed E-state index contributed by atoms with van der Waals surface area (Å²) in [6.45, 7) is 0.718. The molecule has 0 aromatic rings. The smallest absolute Gasteiger partial charge is 0.160 e. The van der Waals surface area contributed by atoms with Crippen LogP contribution in [0.4, 0.5) is 0 Å². The molecule has 1 saturated heterocycles. The van der Waals surface area contributed by atoms with Gasteiger partial charge in [0, 0.05) is 40.1 Å². The number of hydrogen-bond donors (Lipinski definition) is 6. The minimum atomic E-state index is -1.53. The summed E-state index contributed by atoms with van der Waals surface area (Å²) in [6.07, 6.45) is -7.52. The Labute approximate surface area is 165 Å². The molecule has 0 aromatic carbocycles. The summed E-state index contributed by atoms with van der Waals surface area (Å²) in [5, 5.41) is 60.2. The Bertz CT molecular complexity index is 399. The normalized spacial score (nSPS) is 30.0. The molecular formula is C18H36O10. The minimum Gasteiger partial charge on any atom is -0.393 e. The first-order chi connectivity index (χ1) is 13.3. The summed E-state index contributed by atoms with van der Waals surface area (Å²) in [4.78, 5) is 0. The van der Waals surface area contributed by atoms with Crippen LogP contribution in [-0.4, -0.2) is 107 Å². The Morgan fingerprint density at radius 2 is 1.75 bits per heavy atom. The first-order valence-corrected chi connectivity index (χ1v) is 9.63. The van der Waals surface area contributed by atoms with Gasteiger partial charge in [-0.3, -0.25) is 0 Å². The van der Waals surface area contributed by atoms with Crippen molar-refractivity contribution in [3.8, 4) is 0 Å². The van der Waals surface area contributed by atoms with Crippen LogP contribution in [0.25, 0.3) is 0 Å². The van der Waals surface area contributed by atoms with Crippen LogP contribution >= 0.6 is 0 Å². The number of unbranched alkanes of at least 4 members (excludes halogenated alkanes) is 1. The monoisotopic (exact) mass is 412 g/mol. The molecule has 1 aliphatic rings. The van der Waals surface area contributed by atoms with E-state index >= 15 is 0 Å². The maximum atomic E-state index is 10.2. The average Bonchev–Trinajstić information content (AvgIpc) is 2.67. The molecule has 0 saturated carbocycles. The molecule has 0 radical (unpaired) electrons. The van der Waals surface area contributed by atoms with E-state index < -0.39 is 49.0 Å². The summed E-state index contributed by atoms with van der Waals surface area (Å²) >= 11 is 0. The number of hydrogen-bond acceptors (Lipinski definition) is 10. The maximum absolute atomic E-state index is 10.2. The van der Waals surface area contributed by atoms with Crippen molar-refractivity contribution in [3.63, 3.8) is 0 Å². The molecule has 1 heterocycles. The summed E-state index contributed by atoms with van der Waals surface area (Å²) in [6, 6.07) is 0. The first-order valence-electron chi connectivity index (χ1n) is 9.63. The lowest BCUT2D eigenvalue weighted by atomic mass is 9.92. The Balaban J connectivity index is 2.35. The second-order valence-electron chi connectivity index (χ2n) is 7.19. The number of aliphatic hydroxyl groups excluding tert-OH is 6. The Morgan fingerprint density at radius 3 is 2.39 bits per heavy atom. The molecule has 1 fully saturated rings. The van der Waals surface area contributed by atoms with E-state index in [9.17, 15) is 30.6 Å². The van der Waals surface area contributed by atoms with Crippen LogP contribution in [0, 0.1) is 0 Å². The van der Waals surface area contributed by atoms with Crippen molar-refractivity contribution in [1.29, 1.82) is 0 Å². The Morgan fingerprint density at radius 1 is 1.04 bits per heavy atom.